The predicted molar refractivity (Wildman–Crippen MR) is 62.4 cm³/mol. The number of hydrogen-bond donors (Lipinski definition) is 1. The normalized spacial score (nSPS) is 16.0. The van der Waals surface area contributed by atoms with Gasteiger partial charge in [0.25, 0.3) is 0 Å². The van der Waals surface area contributed by atoms with Gasteiger partial charge in [0.15, 0.2) is 0 Å². The van der Waals surface area contributed by atoms with Gasteiger partial charge in [0.05, 0.1) is 12.7 Å². The Morgan fingerprint density at radius 1 is 1.47 bits per heavy atom. The Hall–Kier alpha value is -0.680. The Morgan fingerprint density at radius 3 is 2.53 bits per heavy atom. The molecule has 0 heterocycles. The van der Waals surface area contributed by atoms with Gasteiger partial charge in [-0.2, -0.15) is 0 Å². The fourth-order valence-electron chi connectivity index (χ4n) is 0.743. The molecule has 0 fully saturated rings. The van der Waals surface area contributed by atoms with E-state index in [0.717, 1.165) is 0 Å². The van der Waals surface area contributed by atoms with Gasteiger partial charge in [0.1, 0.15) is 6.61 Å². The van der Waals surface area contributed by atoms with Crippen LogP contribution >= 0.6 is 7.82 Å². The quantitative estimate of drug-likeness (QED) is 0.313. The number of hydrogen-bond acceptors (Lipinski definition) is 5. The molecule has 0 spiro atoms. The van der Waals surface area contributed by atoms with E-state index in [1.807, 2.05) is 6.92 Å². The molecular weight excluding hydrogens is 247 g/mol. The van der Waals surface area contributed by atoms with Crippen molar-refractivity contribution >= 4 is 13.8 Å². The molecule has 0 saturated carbocycles. The van der Waals surface area contributed by atoms with Crippen molar-refractivity contribution in [2.45, 2.75) is 33.3 Å². The van der Waals surface area contributed by atoms with Gasteiger partial charge in [-0.05, 0) is 20.3 Å². The van der Waals surface area contributed by atoms with Crippen molar-refractivity contribution in [3.63, 3.8) is 0 Å². The van der Waals surface area contributed by atoms with Crippen LogP contribution in [0.3, 0.4) is 0 Å². The number of phosphoric ester groups is 1. The molecule has 0 aromatic heterocycles. The third-order valence-corrected chi connectivity index (χ3v) is 2.94. The van der Waals surface area contributed by atoms with Gasteiger partial charge in [-0.25, -0.2) is 9.36 Å². The predicted octanol–water partition coefficient (Wildman–Crippen LogP) is 2.04. The summed E-state index contributed by atoms with van der Waals surface area (Å²) in [6, 6.07) is 0. The van der Waals surface area contributed by atoms with Gasteiger partial charge in [-0.15, -0.1) is 0 Å². The average Bonchev–Trinajstić information content (AvgIpc) is 2.23. The Balaban J connectivity index is 3.84. The first-order chi connectivity index (χ1) is 7.78. The standard InChI is InChI=1S/C10H19O6P/c1-5-9(4)16-17(12,13)15-7-6-14-10(11)8(2)3/h9H,2,5-7H2,1,3-4H3,(H,12,13). The first-order valence-corrected chi connectivity index (χ1v) is 6.76. The highest BCUT2D eigenvalue weighted by atomic mass is 31.2. The van der Waals surface area contributed by atoms with Crippen LogP contribution in [0.15, 0.2) is 12.2 Å². The molecule has 0 aromatic rings. The van der Waals surface area contributed by atoms with Crippen molar-refractivity contribution in [3.8, 4) is 0 Å². The van der Waals surface area contributed by atoms with Crippen molar-refractivity contribution in [1.29, 1.82) is 0 Å². The summed E-state index contributed by atoms with van der Waals surface area (Å²) in [4.78, 5) is 20.2. The second-order valence-corrected chi connectivity index (χ2v) is 4.95. The largest absolute Gasteiger partial charge is 0.472 e. The number of rotatable bonds is 8. The van der Waals surface area contributed by atoms with Crippen LogP contribution in [-0.4, -0.2) is 30.2 Å². The summed E-state index contributed by atoms with van der Waals surface area (Å²) in [5, 5.41) is 0. The molecule has 7 heteroatoms. The van der Waals surface area contributed by atoms with Crippen LogP contribution in [-0.2, 0) is 23.1 Å². The van der Waals surface area contributed by atoms with Crippen molar-refractivity contribution < 1.29 is 28.0 Å². The monoisotopic (exact) mass is 266 g/mol. The van der Waals surface area contributed by atoms with E-state index in [1.54, 1.807) is 6.92 Å². The highest BCUT2D eigenvalue weighted by Crippen LogP contribution is 2.44. The maximum absolute atomic E-state index is 11.3. The van der Waals surface area contributed by atoms with E-state index in [2.05, 4.69) is 15.8 Å². The first kappa shape index (κ1) is 16.3. The minimum atomic E-state index is -4.06. The fourth-order valence-corrected chi connectivity index (χ4v) is 1.71. The van der Waals surface area contributed by atoms with E-state index >= 15 is 0 Å². The molecule has 2 unspecified atom stereocenters. The molecule has 0 saturated heterocycles. The topological polar surface area (TPSA) is 82.1 Å². The summed E-state index contributed by atoms with van der Waals surface area (Å²) in [5.41, 5.74) is 0.257. The lowest BCUT2D eigenvalue weighted by Crippen LogP contribution is -2.12. The first-order valence-electron chi connectivity index (χ1n) is 5.27. The summed E-state index contributed by atoms with van der Waals surface area (Å²) in [5.74, 6) is -0.566. The van der Waals surface area contributed by atoms with Gasteiger partial charge >= 0.3 is 13.8 Å². The van der Waals surface area contributed by atoms with Gasteiger partial charge in [0.2, 0.25) is 0 Å². The van der Waals surface area contributed by atoms with Crippen LogP contribution in [0, 0.1) is 0 Å². The smallest absolute Gasteiger partial charge is 0.460 e. The second kappa shape index (κ2) is 7.61. The molecule has 1 N–H and O–H groups in total. The fraction of sp³-hybridized carbons (Fsp3) is 0.700. The van der Waals surface area contributed by atoms with E-state index in [4.69, 9.17) is 4.52 Å². The maximum atomic E-state index is 11.3. The van der Waals surface area contributed by atoms with Crippen LogP contribution < -0.4 is 0 Å². The van der Waals surface area contributed by atoms with Crippen molar-refractivity contribution in [2.24, 2.45) is 0 Å². The van der Waals surface area contributed by atoms with Crippen LogP contribution in [0.4, 0.5) is 0 Å². The molecular formula is C10H19O6P. The Kier molecular flexibility index (Phi) is 7.30. The van der Waals surface area contributed by atoms with Gasteiger partial charge < -0.3 is 9.63 Å². The van der Waals surface area contributed by atoms with Crippen molar-refractivity contribution in [1.82, 2.24) is 0 Å². The van der Waals surface area contributed by atoms with E-state index in [1.165, 1.54) is 6.92 Å². The molecule has 0 radical (unpaired) electrons. The van der Waals surface area contributed by atoms with Gasteiger partial charge in [0, 0.05) is 5.57 Å². The number of carbonyl (C=O) groups excluding carboxylic acids is 1. The zero-order valence-corrected chi connectivity index (χ0v) is 11.2. The number of esters is 1. The molecule has 0 rings (SSSR count). The van der Waals surface area contributed by atoms with E-state index in [0.29, 0.717) is 6.42 Å². The third-order valence-electron chi connectivity index (χ3n) is 1.81. The minimum Gasteiger partial charge on any atom is -0.460 e. The molecule has 0 bridgehead atoms. The molecule has 0 aliphatic carbocycles. The van der Waals surface area contributed by atoms with Crippen molar-refractivity contribution in [3.05, 3.63) is 12.2 Å². The number of carbonyl (C=O) groups is 1. The van der Waals surface area contributed by atoms with E-state index in [-0.39, 0.29) is 24.9 Å². The molecule has 0 aliphatic rings. The lowest BCUT2D eigenvalue weighted by atomic mass is 10.3. The van der Waals surface area contributed by atoms with Crippen LogP contribution in [0.1, 0.15) is 27.2 Å². The van der Waals surface area contributed by atoms with Crippen molar-refractivity contribution in [2.75, 3.05) is 13.2 Å². The summed E-state index contributed by atoms with van der Waals surface area (Å²) >= 11 is 0. The molecule has 0 aliphatic heterocycles. The third kappa shape index (κ3) is 8.10. The zero-order chi connectivity index (χ0) is 13.5. The van der Waals surface area contributed by atoms with Crippen LogP contribution in [0.25, 0.3) is 0 Å². The molecule has 17 heavy (non-hydrogen) atoms. The van der Waals surface area contributed by atoms with Crippen LogP contribution in [0.5, 0.6) is 0 Å². The van der Waals surface area contributed by atoms with Crippen LogP contribution in [0.2, 0.25) is 0 Å². The Bertz CT molecular complexity index is 314. The molecule has 100 valence electrons. The number of ether oxygens (including phenoxy) is 1. The highest BCUT2D eigenvalue weighted by Gasteiger charge is 2.23. The molecule has 0 aromatic carbocycles. The Labute approximate surface area is 101 Å². The molecule has 0 amide bonds. The average molecular weight is 266 g/mol. The summed E-state index contributed by atoms with van der Waals surface area (Å²) in [6.07, 6.45) is 0.224. The van der Waals surface area contributed by atoms with E-state index in [9.17, 15) is 14.3 Å². The van der Waals surface area contributed by atoms with E-state index < -0.39 is 13.8 Å². The maximum Gasteiger partial charge on any atom is 0.472 e. The number of phosphoric acid groups is 1. The second-order valence-electron chi connectivity index (χ2n) is 3.54. The molecule has 2 atom stereocenters. The lowest BCUT2D eigenvalue weighted by Gasteiger charge is -2.16. The summed E-state index contributed by atoms with van der Waals surface area (Å²) in [7, 11) is -4.06. The van der Waals surface area contributed by atoms with Gasteiger partial charge in [-0.3, -0.25) is 9.05 Å². The minimum absolute atomic E-state index is 0.125. The Morgan fingerprint density at radius 2 is 2.06 bits per heavy atom. The lowest BCUT2D eigenvalue weighted by molar-refractivity contribution is -0.139. The summed E-state index contributed by atoms with van der Waals surface area (Å²) < 4.78 is 25.4. The zero-order valence-electron chi connectivity index (χ0n) is 10.3. The molecule has 6 nitrogen and oxygen atoms in total. The highest BCUT2D eigenvalue weighted by molar-refractivity contribution is 7.47. The summed E-state index contributed by atoms with van der Waals surface area (Å²) in [6.45, 7) is 8.04. The SMILES string of the molecule is C=C(C)C(=O)OCCOP(=O)(O)OC(C)CC. The van der Waals surface area contributed by atoms with Gasteiger partial charge in [-0.1, -0.05) is 13.5 Å².